The van der Waals surface area contributed by atoms with Crippen LogP contribution in [0.4, 0.5) is 0 Å². The van der Waals surface area contributed by atoms with E-state index in [2.05, 4.69) is 5.32 Å². The molecule has 0 radical (unpaired) electrons. The van der Waals surface area contributed by atoms with Crippen molar-refractivity contribution >= 4 is 16.8 Å². The maximum Gasteiger partial charge on any atom is 0.332 e. The first-order valence-corrected chi connectivity index (χ1v) is 9.00. The van der Waals surface area contributed by atoms with Gasteiger partial charge >= 0.3 is 5.69 Å². The fourth-order valence-corrected chi connectivity index (χ4v) is 2.98. The molecule has 0 aliphatic heterocycles. The Hall–Kier alpha value is -2.37. The number of hydrogen-bond acceptors (Lipinski definition) is 3. The highest BCUT2D eigenvalue weighted by atomic mass is 16.2. The van der Waals surface area contributed by atoms with Gasteiger partial charge in [-0.3, -0.25) is 18.7 Å². The van der Waals surface area contributed by atoms with Crippen molar-refractivity contribution in [2.24, 2.45) is 0 Å². The Balaban J connectivity index is 2.72. The highest BCUT2D eigenvalue weighted by molar-refractivity contribution is 5.84. The van der Waals surface area contributed by atoms with E-state index in [4.69, 9.17) is 0 Å². The first-order valence-electron chi connectivity index (χ1n) is 9.00. The van der Waals surface area contributed by atoms with Crippen molar-refractivity contribution in [1.82, 2.24) is 14.5 Å². The number of hydrogen-bond donors (Lipinski definition) is 1. The lowest BCUT2D eigenvalue weighted by atomic mass is 10.1. The Kier molecular flexibility index (Phi) is 6.17. The van der Waals surface area contributed by atoms with Crippen LogP contribution in [-0.2, 0) is 11.3 Å². The number of rotatable bonds is 7. The molecule has 2 aromatic rings. The van der Waals surface area contributed by atoms with Crippen molar-refractivity contribution in [1.29, 1.82) is 0 Å². The minimum Gasteiger partial charge on any atom is -0.352 e. The fourth-order valence-electron chi connectivity index (χ4n) is 2.98. The smallest absolute Gasteiger partial charge is 0.332 e. The molecule has 1 aromatic heterocycles. The van der Waals surface area contributed by atoms with Gasteiger partial charge in [-0.15, -0.1) is 0 Å². The van der Waals surface area contributed by atoms with Crippen molar-refractivity contribution in [2.75, 3.05) is 0 Å². The Bertz CT molecular complexity index is 866. The van der Waals surface area contributed by atoms with Gasteiger partial charge in [-0.25, -0.2) is 4.79 Å². The first kappa shape index (κ1) is 19.0. The number of amides is 1. The third-order valence-corrected chi connectivity index (χ3v) is 4.53. The molecule has 2 atom stereocenters. The molecule has 2 rings (SSSR count). The van der Waals surface area contributed by atoms with Gasteiger partial charge in [0.05, 0.1) is 10.9 Å². The van der Waals surface area contributed by atoms with Crippen molar-refractivity contribution in [2.45, 2.75) is 65.6 Å². The summed E-state index contributed by atoms with van der Waals surface area (Å²) in [6.07, 6.45) is 1.95. The number of carbonyl (C=O) groups is 1. The van der Waals surface area contributed by atoms with Crippen LogP contribution in [0, 0.1) is 0 Å². The number of nitrogens with zero attached hydrogens (tertiary/aromatic N) is 2. The molecule has 0 aliphatic carbocycles. The summed E-state index contributed by atoms with van der Waals surface area (Å²) in [5.41, 5.74) is -0.205. The summed E-state index contributed by atoms with van der Waals surface area (Å²) in [5, 5.41) is 3.41. The van der Waals surface area contributed by atoms with Crippen LogP contribution in [0.2, 0.25) is 0 Å². The van der Waals surface area contributed by atoms with Crippen LogP contribution in [0.25, 0.3) is 10.9 Å². The molecule has 1 amide bonds. The molecule has 0 saturated heterocycles. The van der Waals surface area contributed by atoms with Crippen molar-refractivity contribution in [3.05, 3.63) is 45.1 Å². The highest BCUT2D eigenvalue weighted by Gasteiger charge is 2.24. The highest BCUT2D eigenvalue weighted by Crippen LogP contribution is 2.17. The Labute approximate surface area is 147 Å². The van der Waals surface area contributed by atoms with E-state index in [1.807, 2.05) is 27.7 Å². The molecule has 1 heterocycles. The summed E-state index contributed by atoms with van der Waals surface area (Å²) in [5.74, 6) is -0.189. The van der Waals surface area contributed by atoms with E-state index in [1.165, 1.54) is 9.13 Å². The standard InChI is InChI=1S/C19H27N3O3/c1-5-12-21-18(24)14-10-8-9-11-16(14)22(19(21)25)15(7-3)17(23)20-13(4)6-2/h8-11,13,15H,5-7,12H2,1-4H3,(H,20,23)/t13-,15-/m0/s1. The zero-order chi connectivity index (χ0) is 18.6. The predicted molar refractivity (Wildman–Crippen MR) is 100.0 cm³/mol. The predicted octanol–water partition coefficient (Wildman–Crippen LogP) is 2.44. The van der Waals surface area contributed by atoms with Gasteiger partial charge < -0.3 is 5.32 Å². The van der Waals surface area contributed by atoms with Crippen molar-refractivity contribution in [3.63, 3.8) is 0 Å². The van der Waals surface area contributed by atoms with Crippen LogP contribution < -0.4 is 16.6 Å². The number of benzene rings is 1. The maximum absolute atomic E-state index is 13.0. The molecule has 136 valence electrons. The summed E-state index contributed by atoms with van der Waals surface area (Å²) in [6, 6.07) is 6.38. The van der Waals surface area contributed by atoms with Gasteiger partial charge in [0.25, 0.3) is 5.56 Å². The molecular formula is C19H27N3O3. The largest absolute Gasteiger partial charge is 0.352 e. The first-order chi connectivity index (χ1) is 12.0. The minimum absolute atomic E-state index is 0.0325. The fraction of sp³-hybridized carbons (Fsp3) is 0.526. The topological polar surface area (TPSA) is 73.1 Å². The molecule has 0 saturated carbocycles. The zero-order valence-electron chi connectivity index (χ0n) is 15.4. The molecule has 0 spiro atoms. The number of para-hydroxylation sites is 1. The molecule has 6 nitrogen and oxygen atoms in total. The van der Waals surface area contributed by atoms with Gasteiger partial charge in [0.15, 0.2) is 0 Å². The van der Waals surface area contributed by atoms with Crippen LogP contribution in [-0.4, -0.2) is 21.1 Å². The molecule has 1 N–H and O–H groups in total. The molecule has 0 fully saturated rings. The Morgan fingerprint density at radius 3 is 2.40 bits per heavy atom. The second-order valence-electron chi connectivity index (χ2n) is 6.37. The number of aromatic nitrogens is 2. The van der Waals surface area contributed by atoms with E-state index in [-0.39, 0.29) is 17.5 Å². The van der Waals surface area contributed by atoms with Gasteiger partial charge in [0.1, 0.15) is 6.04 Å². The molecule has 0 aliphatic rings. The monoisotopic (exact) mass is 345 g/mol. The zero-order valence-corrected chi connectivity index (χ0v) is 15.4. The van der Waals surface area contributed by atoms with Crippen LogP contribution in [0.5, 0.6) is 0 Å². The van der Waals surface area contributed by atoms with Crippen LogP contribution in [0.15, 0.2) is 33.9 Å². The second-order valence-corrected chi connectivity index (χ2v) is 6.37. The average molecular weight is 345 g/mol. The summed E-state index contributed by atoms with van der Waals surface area (Å²) in [7, 11) is 0. The lowest BCUT2D eigenvalue weighted by molar-refractivity contribution is -0.125. The molecule has 6 heteroatoms. The Morgan fingerprint density at radius 2 is 1.80 bits per heavy atom. The van der Waals surface area contributed by atoms with E-state index < -0.39 is 11.7 Å². The average Bonchev–Trinajstić information content (AvgIpc) is 2.61. The summed E-state index contributed by atoms with van der Waals surface area (Å²) in [4.78, 5) is 38.4. The Morgan fingerprint density at radius 1 is 1.12 bits per heavy atom. The minimum atomic E-state index is -0.643. The van der Waals surface area contributed by atoms with Crippen LogP contribution in [0.1, 0.15) is 53.0 Å². The second kappa shape index (κ2) is 8.14. The van der Waals surface area contributed by atoms with Crippen molar-refractivity contribution < 1.29 is 4.79 Å². The normalized spacial score (nSPS) is 13.6. The maximum atomic E-state index is 13.0. The lowest BCUT2D eigenvalue weighted by Gasteiger charge is -2.23. The SMILES string of the molecule is CCCn1c(=O)c2ccccc2n([C@@H](CC)C(=O)N[C@@H](C)CC)c1=O. The van der Waals surface area contributed by atoms with Gasteiger partial charge in [0.2, 0.25) is 5.91 Å². The lowest BCUT2D eigenvalue weighted by Crippen LogP contribution is -2.46. The van der Waals surface area contributed by atoms with E-state index in [0.29, 0.717) is 30.3 Å². The van der Waals surface area contributed by atoms with E-state index >= 15 is 0 Å². The summed E-state index contributed by atoms with van der Waals surface area (Å²) in [6.45, 7) is 8.06. The number of fused-ring (bicyclic) bond motifs is 1. The number of carbonyl (C=O) groups excluding carboxylic acids is 1. The van der Waals surface area contributed by atoms with E-state index in [0.717, 1.165) is 6.42 Å². The molecule has 0 unspecified atom stereocenters. The van der Waals surface area contributed by atoms with Crippen LogP contribution >= 0.6 is 0 Å². The molecule has 1 aromatic carbocycles. The summed E-state index contributed by atoms with van der Waals surface area (Å²) < 4.78 is 2.71. The quantitative estimate of drug-likeness (QED) is 0.838. The van der Waals surface area contributed by atoms with Gasteiger partial charge in [0, 0.05) is 12.6 Å². The molecule has 0 bridgehead atoms. The van der Waals surface area contributed by atoms with Gasteiger partial charge in [-0.2, -0.15) is 0 Å². The third kappa shape index (κ3) is 3.67. The number of nitrogens with one attached hydrogen (secondary N) is 1. The molecular weight excluding hydrogens is 318 g/mol. The van der Waals surface area contributed by atoms with Crippen LogP contribution in [0.3, 0.4) is 0 Å². The van der Waals surface area contributed by atoms with E-state index in [1.54, 1.807) is 24.3 Å². The van der Waals surface area contributed by atoms with Gasteiger partial charge in [-0.1, -0.05) is 32.9 Å². The summed E-state index contributed by atoms with van der Waals surface area (Å²) >= 11 is 0. The van der Waals surface area contributed by atoms with Crippen molar-refractivity contribution in [3.8, 4) is 0 Å². The third-order valence-electron chi connectivity index (χ3n) is 4.53. The molecule has 25 heavy (non-hydrogen) atoms. The van der Waals surface area contributed by atoms with Gasteiger partial charge in [-0.05, 0) is 38.3 Å². The van der Waals surface area contributed by atoms with E-state index in [9.17, 15) is 14.4 Å².